The lowest BCUT2D eigenvalue weighted by molar-refractivity contribution is 0.0752. The maximum Gasteiger partial charge on any atom is 0.254 e. The average Bonchev–Trinajstić information content (AvgIpc) is 2.66. The van der Waals surface area contributed by atoms with E-state index in [0.717, 1.165) is 5.56 Å². The van der Waals surface area contributed by atoms with Crippen LogP contribution in [-0.2, 0) is 16.6 Å². The number of sulfonamides is 1. The second-order valence-corrected chi connectivity index (χ2v) is 8.96. The molecule has 0 aliphatic rings. The molecule has 0 spiro atoms. The molecule has 1 amide bonds. The van der Waals surface area contributed by atoms with Gasteiger partial charge in [0.1, 0.15) is 0 Å². The van der Waals surface area contributed by atoms with Gasteiger partial charge in [-0.3, -0.25) is 4.79 Å². The van der Waals surface area contributed by atoms with Crippen molar-refractivity contribution in [2.24, 2.45) is 0 Å². The van der Waals surface area contributed by atoms with Gasteiger partial charge in [0.15, 0.2) is 0 Å². The third kappa shape index (κ3) is 4.89. The van der Waals surface area contributed by atoms with Gasteiger partial charge in [-0.1, -0.05) is 35.9 Å². The highest BCUT2D eigenvalue weighted by atomic mass is 35.5. The minimum absolute atomic E-state index is 0.110. The van der Waals surface area contributed by atoms with Gasteiger partial charge in [-0.2, -0.15) is 4.31 Å². The summed E-state index contributed by atoms with van der Waals surface area (Å²) in [6.45, 7) is 6.32. The number of benzene rings is 2. The van der Waals surface area contributed by atoms with Crippen LogP contribution in [0.3, 0.4) is 0 Å². The molecule has 2 rings (SSSR count). The molecule has 0 saturated heterocycles. The minimum Gasteiger partial charge on any atom is -0.335 e. The van der Waals surface area contributed by atoms with Crippen molar-refractivity contribution in [2.75, 3.05) is 13.6 Å². The number of hydrogen-bond donors (Lipinski definition) is 0. The molecule has 0 fully saturated rings. The van der Waals surface area contributed by atoms with Crippen molar-refractivity contribution in [1.29, 1.82) is 0 Å². The molecule has 146 valence electrons. The van der Waals surface area contributed by atoms with Crippen molar-refractivity contribution in [3.05, 3.63) is 64.7 Å². The van der Waals surface area contributed by atoms with Gasteiger partial charge in [0.2, 0.25) is 10.0 Å². The van der Waals surface area contributed by atoms with Crippen LogP contribution in [0.4, 0.5) is 0 Å². The van der Waals surface area contributed by atoms with E-state index in [1.807, 2.05) is 25.1 Å². The van der Waals surface area contributed by atoms with Crippen LogP contribution in [-0.4, -0.2) is 43.2 Å². The number of nitrogens with zero attached hydrogens (tertiary/aromatic N) is 2. The summed E-state index contributed by atoms with van der Waals surface area (Å²) in [6.07, 6.45) is 0. The van der Waals surface area contributed by atoms with E-state index in [0.29, 0.717) is 23.7 Å². The van der Waals surface area contributed by atoms with Gasteiger partial charge in [0, 0.05) is 36.8 Å². The number of carbonyl (C=O) groups excluding carboxylic acids is 1. The van der Waals surface area contributed by atoms with Crippen molar-refractivity contribution >= 4 is 27.5 Å². The Morgan fingerprint density at radius 3 is 2.37 bits per heavy atom. The number of hydrogen-bond acceptors (Lipinski definition) is 3. The van der Waals surface area contributed by atoms with Crippen molar-refractivity contribution in [1.82, 2.24) is 9.21 Å². The molecular formula is C20H25ClN2O3S. The standard InChI is InChI=1S/C20H25ClN2O3S/c1-5-23(14-17-9-6-7-12-19(17)21)20(24)16-10-8-11-18(13-16)27(25,26)22(4)15(2)3/h6-13,15H,5,14H2,1-4H3. The predicted octanol–water partition coefficient (Wildman–Crippen LogP) is 4.03. The lowest BCUT2D eigenvalue weighted by Crippen LogP contribution is -2.33. The summed E-state index contributed by atoms with van der Waals surface area (Å²) in [6, 6.07) is 13.4. The summed E-state index contributed by atoms with van der Waals surface area (Å²) in [5.74, 6) is -0.235. The van der Waals surface area contributed by atoms with E-state index in [2.05, 4.69) is 0 Å². The van der Waals surface area contributed by atoms with E-state index >= 15 is 0 Å². The third-order valence-electron chi connectivity index (χ3n) is 4.47. The Balaban J connectivity index is 2.32. The van der Waals surface area contributed by atoms with Crippen LogP contribution in [0.25, 0.3) is 0 Å². The van der Waals surface area contributed by atoms with Gasteiger partial charge in [0.25, 0.3) is 5.91 Å². The van der Waals surface area contributed by atoms with E-state index in [1.165, 1.54) is 23.5 Å². The summed E-state index contributed by atoms with van der Waals surface area (Å²) in [5, 5.41) is 0.596. The fourth-order valence-electron chi connectivity index (χ4n) is 2.58. The molecule has 0 aliphatic carbocycles. The van der Waals surface area contributed by atoms with Crippen LogP contribution in [0.5, 0.6) is 0 Å². The molecule has 0 aromatic heterocycles. The molecule has 0 bridgehead atoms. The van der Waals surface area contributed by atoms with Gasteiger partial charge < -0.3 is 4.90 Å². The highest BCUT2D eigenvalue weighted by molar-refractivity contribution is 7.89. The fraction of sp³-hybridized carbons (Fsp3) is 0.350. The molecule has 0 saturated carbocycles. The van der Waals surface area contributed by atoms with E-state index in [1.54, 1.807) is 36.9 Å². The monoisotopic (exact) mass is 408 g/mol. The molecule has 0 radical (unpaired) electrons. The molecule has 0 unspecified atom stereocenters. The zero-order valence-electron chi connectivity index (χ0n) is 16.0. The van der Waals surface area contributed by atoms with Crippen LogP contribution in [0.15, 0.2) is 53.4 Å². The summed E-state index contributed by atoms with van der Waals surface area (Å²) in [4.78, 5) is 14.7. The zero-order chi connectivity index (χ0) is 20.2. The Labute approximate surface area is 166 Å². The van der Waals surface area contributed by atoms with Gasteiger partial charge in [-0.15, -0.1) is 0 Å². The SMILES string of the molecule is CCN(Cc1ccccc1Cl)C(=O)c1cccc(S(=O)(=O)N(C)C(C)C)c1. The van der Waals surface area contributed by atoms with E-state index < -0.39 is 10.0 Å². The summed E-state index contributed by atoms with van der Waals surface area (Å²) in [5.41, 5.74) is 1.18. The molecule has 0 N–H and O–H groups in total. The van der Waals surface area contributed by atoms with Gasteiger partial charge >= 0.3 is 0 Å². The molecule has 5 nitrogen and oxygen atoms in total. The van der Waals surface area contributed by atoms with Crippen LogP contribution >= 0.6 is 11.6 Å². The van der Waals surface area contributed by atoms with E-state index in [9.17, 15) is 13.2 Å². The fourth-order valence-corrected chi connectivity index (χ4v) is 4.18. The molecule has 0 heterocycles. The van der Waals surface area contributed by atoms with Crippen molar-refractivity contribution < 1.29 is 13.2 Å². The highest BCUT2D eigenvalue weighted by Crippen LogP contribution is 2.21. The number of amides is 1. The van der Waals surface area contributed by atoms with Crippen molar-refractivity contribution in [3.8, 4) is 0 Å². The van der Waals surface area contributed by atoms with Gasteiger partial charge in [-0.25, -0.2) is 8.42 Å². The topological polar surface area (TPSA) is 57.7 Å². The van der Waals surface area contributed by atoms with E-state index in [-0.39, 0.29) is 16.8 Å². The first-order valence-corrected chi connectivity index (χ1v) is 10.6. The zero-order valence-corrected chi connectivity index (χ0v) is 17.6. The first-order chi connectivity index (χ1) is 12.7. The Morgan fingerprint density at radius 1 is 1.11 bits per heavy atom. The van der Waals surface area contributed by atoms with Gasteiger partial charge in [-0.05, 0) is 50.6 Å². The maximum absolute atomic E-state index is 12.9. The second kappa shape index (κ2) is 8.87. The van der Waals surface area contributed by atoms with Crippen LogP contribution in [0.2, 0.25) is 5.02 Å². The molecule has 2 aromatic rings. The lowest BCUT2D eigenvalue weighted by Gasteiger charge is -2.23. The Kier molecular flexibility index (Phi) is 7.03. The lowest BCUT2D eigenvalue weighted by atomic mass is 10.1. The van der Waals surface area contributed by atoms with E-state index in [4.69, 9.17) is 11.6 Å². The van der Waals surface area contributed by atoms with Crippen molar-refractivity contribution in [3.63, 3.8) is 0 Å². The largest absolute Gasteiger partial charge is 0.335 e. The molecule has 7 heteroatoms. The Hall–Kier alpha value is -1.89. The smallest absolute Gasteiger partial charge is 0.254 e. The van der Waals surface area contributed by atoms with Gasteiger partial charge in [0.05, 0.1) is 4.90 Å². The molecule has 0 atom stereocenters. The number of halogens is 1. The Morgan fingerprint density at radius 2 is 1.78 bits per heavy atom. The molecule has 2 aromatic carbocycles. The van der Waals surface area contributed by atoms with Crippen LogP contribution in [0, 0.1) is 0 Å². The summed E-state index contributed by atoms with van der Waals surface area (Å²) >= 11 is 6.20. The summed E-state index contributed by atoms with van der Waals surface area (Å²) < 4.78 is 26.7. The second-order valence-electron chi connectivity index (χ2n) is 6.55. The average molecular weight is 409 g/mol. The number of carbonyl (C=O) groups is 1. The number of rotatable bonds is 7. The van der Waals surface area contributed by atoms with Crippen LogP contribution < -0.4 is 0 Å². The molecule has 27 heavy (non-hydrogen) atoms. The van der Waals surface area contributed by atoms with Crippen LogP contribution in [0.1, 0.15) is 36.7 Å². The minimum atomic E-state index is -3.65. The Bertz CT molecular complexity index is 913. The third-order valence-corrected chi connectivity index (χ3v) is 6.87. The molecule has 0 aliphatic heterocycles. The highest BCUT2D eigenvalue weighted by Gasteiger charge is 2.25. The first-order valence-electron chi connectivity index (χ1n) is 8.79. The maximum atomic E-state index is 12.9. The first kappa shape index (κ1) is 21.4. The van der Waals surface area contributed by atoms with Crippen molar-refractivity contribution in [2.45, 2.75) is 38.3 Å². The summed E-state index contributed by atoms with van der Waals surface area (Å²) in [7, 11) is -2.12. The normalized spacial score (nSPS) is 11.8. The predicted molar refractivity (Wildman–Crippen MR) is 108 cm³/mol. The molecular weight excluding hydrogens is 384 g/mol. The quantitative estimate of drug-likeness (QED) is 0.694.